The van der Waals surface area contributed by atoms with Crippen LogP contribution < -0.4 is 21.3 Å². The molecule has 14 nitrogen and oxygen atoms in total. The fourth-order valence-corrected chi connectivity index (χ4v) is 6.15. The summed E-state index contributed by atoms with van der Waals surface area (Å²) >= 11 is 0. The fourth-order valence-electron chi connectivity index (χ4n) is 6.15. The Bertz CT molecular complexity index is 1760. The minimum absolute atomic E-state index is 0.0228. The van der Waals surface area contributed by atoms with Crippen molar-refractivity contribution in [2.24, 2.45) is 11.8 Å². The third kappa shape index (κ3) is 10.9. The maximum absolute atomic E-state index is 13.3. The van der Waals surface area contributed by atoms with Crippen molar-refractivity contribution in [3.63, 3.8) is 0 Å². The van der Waals surface area contributed by atoms with Crippen molar-refractivity contribution in [2.45, 2.75) is 90.4 Å². The second-order valence-corrected chi connectivity index (χ2v) is 13.9. The summed E-state index contributed by atoms with van der Waals surface area (Å²) in [5.74, 6) is -5.03. The van der Waals surface area contributed by atoms with Crippen LogP contribution in [-0.4, -0.2) is 79.9 Å². The molecule has 0 fully saturated rings. The van der Waals surface area contributed by atoms with Crippen LogP contribution in [0.15, 0.2) is 60.9 Å². The predicted octanol–water partition coefficient (Wildman–Crippen LogP) is 3.42. The van der Waals surface area contributed by atoms with E-state index >= 15 is 0 Å². The molecule has 0 unspecified atom stereocenters. The number of carboxylic acid groups (broad SMARTS) is 2. The standard InChI is InChI=1S/C38H48N6O8/c1-21(2)15-29(35(47)43-31(37(49)50)17-23-19-39-27-11-7-5-9-25(23)27)41-33(45)13-14-34(46)42-30(16-22(3)4)36(48)44-32(38(51)52)18-24-20-40-28-12-8-6-10-26(24)28/h5-12,19-22,29-32,39-40H,13-18H2,1-4H3,(H,41,45)(H,42,46)(H,43,47)(H,44,48)(H,49,50)(H,51,52)/t29-,30-,31-,32-/m0/s1. The van der Waals surface area contributed by atoms with Crippen molar-refractivity contribution < 1.29 is 39.0 Å². The molecule has 0 spiro atoms. The normalized spacial score (nSPS) is 13.7. The highest BCUT2D eigenvalue weighted by Gasteiger charge is 2.30. The van der Waals surface area contributed by atoms with Crippen molar-refractivity contribution >= 4 is 57.4 Å². The number of amides is 4. The molecule has 4 atom stereocenters. The van der Waals surface area contributed by atoms with E-state index in [4.69, 9.17) is 0 Å². The van der Waals surface area contributed by atoms with Gasteiger partial charge < -0.3 is 41.4 Å². The van der Waals surface area contributed by atoms with E-state index in [0.717, 1.165) is 32.9 Å². The first-order valence-electron chi connectivity index (χ1n) is 17.5. The first kappa shape index (κ1) is 39.1. The van der Waals surface area contributed by atoms with E-state index in [1.165, 1.54) is 0 Å². The Labute approximate surface area is 301 Å². The van der Waals surface area contributed by atoms with E-state index in [2.05, 4.69) is 31.2 Å². The molecule has 0 saturated heterocycles. The van der Waals surface area contributed by atoms with Gasteiger partial charge in [-0.3, -0.25) is 19.2 Å². The van der Waals surface area contributed by atoms with Crippen LogP contribution in [-0.2, 0) is 41.6 Å². The van der Waals surface area contributed by atoms with Crippen molar-refractivity contribution in [2.75, 3.05) is 0 Å². The number of hydrogen-bond donors (Lipinski definition) is 8. The number of carbonyl (C=O) groups is 6. The number of carboxylic acids is 2. The topological polar surface area (TPSA) is 223 Å². The van der Waals surface area contributed by atoms with Crippen LogP contribution in [0.4, 0.5) is 0 Å². The lowest BCUT2D eigenvalue weighted by molar-refractivity contribution is -0.142. The molecule has 14 heteroatoms. The highest BCUT2D eigenvalue weighted by Crippen LogP contribution is 2.21. The molecular formula is C38H48N6O8. The van der Waals surface area contributed by atoms with E-state index in [0.29, 0.717) is 0 Å². The fraction of sp³-hybridized carbons (Fsp3) is 0.421. The molecule has 278 valence electrons. The molecule has 4 rings (SSSR count). The molecule has 2 aromatic carbocycles. The van der Waals surface area contributed by atoms with Gasteiger partial charge in [0.25, 0.3) is 0 Å². The summed E-state index contributed by atoms with van der Waals surface area (Å²) in [6.07, 6.45) is 3.29. The van der Waals surface area contributed by atoms with Crippen LogP contribution in [0.2, 0.25) is 0 Å². The van der Waals surface area contributed by atoms with E-state index in [9.17, 15) is 39.0 Å². The molecule has 8 N–H and O–H groups in total. The van der Waals surface area contributed by atoms with E-state index in [1.54, 1.807) is 12.4 Å². The quantitative estimate of drug-likeness (QED) is 0.0717. The van der Waals surface area contributed by atoms with Gasteiger partial charge in [-0.15, -0.1) is 0 Å². The van der Waals surface area contributed by atoms with Crippen molar-refractivity contribution in [1.82, 2.24) is 31.2 Å². The number of para-hydroxylation sites is 2. The third-order valence-electron chi connectivity index (χ3n) is 8.72. The Hall–Kier alpha value is -5.66. The second kappa shape index (κ2) is 18.0. The zero-order valence-electron chi connectivity index (χ0n) is 29.8. The second-order valence-electron chi connectivity index (χ2n) is 13.9. The van der Waals surface area contributed by atoms with Gasteiger partial charge in [-0.25, -0.2) is 9.59 Å². The van der Waals surface area contributed by atoms with Gasteiger partial charge in [-0.2, -0.15) is 0 Å². The molecule has 0 aliphatic carbocycles. The van der Waals surface area contributed by atoms with Crippen LogP contribution in [0.1, 0.15) is 64.5 Å². The largest absolute Gasteiger partial charge is 0.480 e. The number of hydrogen-bond acceptors (Lipinski definition) is 6. The molecule has 0 bridgehead atoms. The highest BCUT2D eigenvalue weighted by molar-refractivity contribution is 5.94. The van der Waals surface area contributed by atoms with Crippen molar-refractivity contribution in [3.8, 4) is 0 Å². The number of carbonyl (C=O) groups excluding carboxylic acids is 4. The Morgan fingerprint density at radius 2 is 0.923 bits per heavy atom. The zero-order chi connectivity index (χ0) is 37.9. The minimum atomic E-state index is -1.25. The molecular weight excluding hydrogens is 668 g/mol. The van der Waals surface area contributed by atoms with E-state index in [-0.39, 0.29) is 50.4 Å². The number of fused-ring (bicyclic) bond motifs is 2. The summed E-state index contributed by atoms with van der Waals surface area (Å²) in [4.78, 5) is 83.1. The van der Waals surface area contributed by atoms with Gasteiger partial charge in [0.05, 0.1) is 0 Å². The van der Waals surface area contributed by atoms with Gasteiger partial charge >= 0.3 is 11.9 Å². The molecule has 4 aromatic rings. The predicted molar refractivity (Wildman–Crippen MR) is 195 cm³/mol. The lowest BCUT2D eigenvalue weighted by Gasteiger charge is -2.23. The van der Waals surface area contributed by atoms with E-state index in [1.807, 2.05) is 76.2 Å². The first-order valence-corrected chi connectivity index (χ1v) is 17.5. The number of aromatic nitrogens is 2. The molecule has 0 aliphatic rings. The highest BCUT2D eigenvalue weighted by atomic mass is 16.4. The number of rotatable bonds is 19. The van der Waals surface area contributed by atoms with Gasteiger partial charge in [0.2, 0.25) is 23.6 Å². The van der Waals surface area contributed by atoms with Gasteiger partial charge in [-0.1, -0.05) is 64.1 Å². The summed E-state index contributed by atoms with van der Waals surface area (Å²) in [5, 5.41) is 31.9. The molecule has 0 radical (unpaired) electrons. The molecule has 0 saturated carbocycles. The number of nitrogens with one attached hydrogen (secondary N) is 6. The Balaban J connectivity index is 1.34. The summed E-state index contributed by atoms with van der Waals surface area (Å²) in [7, 11) is 0. The van der Waals surface area contributed by atoms with Crippen LogP contribution in [0.25, 0.3) is 21.8 Å². The summed E-state index contributed by atoms with van der Waals surface area (Å²) in [6, 6.07) is 10.2. The molecule has 4 amide bonds. The first-order chi connectivity index (χ1) is 24.7. The number of benzene rings is 2. The number of aliphatic carboxylic acids is 2. The van der Waals surface area contributed by atoms with Crippen LogP contribution in [0.3, 0.4) is 0 Å². The average Bonchev–Trinajstić information content (AvgIpc) is 3.69. The monoisotopic (exact) mass is 716 g/mol. The maximum Gasteiger partial charge on any atom is 0.326 e. The van der Waals surface area contributed by atoms with Crippen LogP contribution in [0.5, 0.6) is 0 Å². The Kier molecular flexibility index (Phi) is 13.6. The van der Waals surface area contributed by atoms with E-state index < -0.39 is 59.7 Å². The average molecular weight is 717 g/mol. The Morgan fingerprint density at radius 1 is 0.558 bits per heavy atom. The molecule has 2 aromatic heterocycles. The maximum atomic E-state index is 13.3. The van der Waals surface area contributed by atoms with Crippen LogP contribution >= 0.6 is 0 Å². The Morgan fingerprint density at radius 3 is 1.27 bits per heavy atom. The van der Waals surface area contributed by atoms with Crippen molar-refractivity contribution in [3.05, 3.63) is 72.1 Å². The number of H-pyrrole nitrogens is 2. The van der Waals surface area contributed by atoms with Gasteiger partial charge in [0.15, 0.2) is 0 Å². The smallest absolute Gasteiger partial charge is 0.326 e. The SMILES string of the molecule is CC(C)C[C@H](NC(=O)CCC(=O)N[C@@H](CC(C)C)C(=O)N[C@@H](Cc1c[nH]c2ccccc12)C(=O)O)C(=O)N[C@@H](Cc1c[nH]c2ccccc12)C(=O)O. The zero-order valence-corrected chi connectivity index (χ0v) is 29.8. The number of aromatic amines is 2. The van der Waals surface area contributed by atoms with Gasteiger partial charge in [0.1, 0.15) is 24.2 Å². The van der Waals surface area contributed by atoms with Gasteiger partial charge in [-0.05, 0) is 47.9 Å². The third-order valence-corrected chi connectivity index (χ3v) is 8.72. The molecule has 2 heterocycles. The van der Waals surface area contributed by atoms with Gasteiger partial charge in [0, 0.05) is 59.9 Å². The lowest BCUT2D eigenvalue weighted by Crippen LogP contribution is -2.53. The summed E-state index contributed by atoms with van der Waals surface area (Å²) < 4.78 is 0. The lowest BCUT2D eigenvalue weighted by atomic mass is 10.0. The molecule has 0 aliphatic heterocycles. The van der Waals surface area contributed by atoms with Crippen molar-refractivity contribution in [1.29, 1.82) is 0 Å². The summed E-state index contributed by atoms with van der Waals surface area (Å²) in [5.41, 5.74) is 3.11. The minimum Gasteiger partial charge on any atom is -0.480 e. The molecule has 52 heavy (non-hydrogen) atoms. The van der Waals surface area contributed by atoms with Crippen LogP contribution in [0, 0.1) is 11.8 Å². The summed E-state index contributed by atoms with van der Waals surface area (Å²) in [6.45, 7) is 7.43.